The lowest BCUT2D eigenvalue weighted by Crippen LogP contribution is -2.30. The standard InChI is InChI=1S/C15H21N3O/c1-4-6-13(5-2)17-11(3)12-7-9-14(10-8-12)18-15(16)19/h2,7-11,13,17H,4,6H2,1,3H3,(H3,16,18,19). The molecule has 0 fully saturated rings. The minimum atomic E-state index is -0.561. The van der Waals surface area contributed by atoms with Gasteiger partial charge in [0.15, 0.2) is 0 Å². The highest BCUT2D eigenvalue weighted by Crippen LogP contribution is 2.17. The minimum absolute atomic E-state index is 0.0865. The van der Waals surface area contributed by atoms with Gasteiger partial charge in [0.25, 0.3) is 0 Å². The number of terminal acetylenes is 1. The molecule has 0 radical (unpaired) electrons. The number of carbonyl (C=O) groups is 1. The molecule has 0 aliphatic heterocycles. The molecule has 0 aliphatic carbocycles. The number of nitrogens with one attached hydrogen (secondary N) is 2. The Bertz CT molecular complexity index is 447. The first-order valence-electron chi connectivity index (χ1n) is 6.45. The number of rotatable bonds is 6. The van der Waals surface area contributed by atoms with E-state index in [4.69, 9.17) is 12.2 Å². The molecule has 0 aromatic heterocycles. The lowest BCUT2D eigenvalue weighted by molar-refractivity contribution is 0.259. The fraction of sp³-hybridized carbons (Fsp3) is 0.400. The van der Waals surface area contributed by atoms with Gasteiger partial charge in [-0.3, -0.25) is 5.32 Å². The van der Waals surface area contributed by atoms with Crippen molar-refractivity contribution in [1.29, 1.82) is 0 Å². The summed E-state index contributed by atoms with van der Waals surface area (Å²) in [5.74, 6) is 2.76. The number of hydrogen-bond acceptors (Lipinski definition) is 2. The van der Waals surface area contributed by atoms with E-state index in [1.165, 1.54) is 0 Å². The molecule has 0 saturated heterocycles. The van der Waals surface area contributed by atoms with Crippen LogP contribution in [0.15, 0.2) is 24.3 Å². The zero-order chi connectivity index (χ0) is 14.3. The van der Waals surface area contributed by atoms with Gasteiger partial charge in [0.1, 0.15) is 0 Å². The van der Waals surface area contributed by atoms with E-state index in [2.05, 4.69) is 30.4 Å². The SMILES string of the molecule is C#CC(CCC)NC(C)c1ccc(NC(N)=O)cc1. The average Bonchev–Trinajstić information content (AvgIpc) is 2.38. The van der Waals surface area contributed by atoms with Crippen molar-refractivity contribution < 1.29 is 4.79 Å². The van der Waals surface area contributed by atoms with Crippen molar-refractivity contribution in [2.45, 2.75) is 38.8 Å². The van der Waals surface area contributed by atoms with E-state index >= 15 is 0 Å². The Morgan fingerprint density at radius 1 is 1.42 bits per heavy atom. The molecule has 0 heterocycles. The summed E-state index contributed by atoms with van der Waals surface area (Å²) in [6, 6.07) is 7.23. The van der Waals surface area contributed by atoms with Gasteiger partial charge in [-0.25, -0.2) is 4.79 Å². The van der Waals surface area contributed by atoms with Crippen LogP contribution >= 0.6 is 0 Å². The van der Waals surface area contributed by atoms with Crippen molar-refractivity contribution in [2.24, 2.45) is 5.73 Å². The van der Waals surface area contributed by atoms with Crippen LogP contribution in [0.25, 0.3) is 0 Å². The number of urea groups is 1. The fourth-order valence-corrected chi connectivity index (χ4v) is 1.90. The predicted octanol–water partition coefficient (Wildman–Crippen LogP) is 2.63. The maximum Gasteiger partial charge on any atom is 0.316 e. The van der Waals surface area contributed by atoms with Crippen molar-refractivity contribution in [3.8, 4) is 12.3 Å². The van der Waals surface area contributed by atoms with Crippen LogP contribution in [0.3, 0.4) is 0 Å². The molecule has 2 amide bonds. The molecule has 19 heavy (non-hydrogen) atoms. The van der Waals surface area contributed by atoms with Crippen LogP contribution in [0.2, 0.25) is 0 Å². The molecule has 1 rings (SSSR count). The molecule has 0 aliphatic rings. The van der Waals surface area contributed by atoms with Gasteiger partial charge in [-0.05, 0) is 31.0 Å². The topological polar surface area (TPSA) is 67.2 Å². The van der Waals surface area contributed by atoms with Crippen molar-refractivity contribution in [2.75, 3.05) is 5.32 Å². The molecule has 4 nitrogen and oxygen atoms in total. The first kappa shape index (κ1) is 15.1. The molecule has 102 valence electrons. The molecule has 2 unspecified atom stereocenters. The normalized spacial score (nSPS) is 13.3. The van der Waals surface area contributed by atoms with E-state index in [9.17, 15) is 4.79 Å². The number of carbonyl (C=O) groups excluding carboxylic acids is 1. The lowest BCUT2D eigenvalue weighted by Gasteiger charge is -2.19. The summed E-state index contributed by atoms with van der Waals surface area (Å²) >= 11 is 0. The molecule has 0 saturated carbocycles. The van der Waals surface area contributed by atoms with Crippen molar-refractivity contribution >= 4 is 11.7 Å². The quantitative estimate of drug-likeness (QED) is 0.687. The third-order valence-electron chi connectivity index (χ3n) is 2.91. The second-order valence-electron chi connectivity index (χ2n) is 4.51. The third-order valence-corrected chi connectivity index (χ3v) is 2.91. The van der Waals surface area contributed by atoms with E-state index in [0.717, 1.165) is 18.4 Å². The second-order valence-corrected chi connectivity index (χ2v) is 4.51. The molecule has 1 aromatic rings. The van der Waals surface area contributed by atoms with Gasteiger partial charge >= 0.3 is 6.03 Å². The van der Waals surface area contributed by atoms with Crippen LogP contribution in [-0.2, 0) is 0 Å². The van der Waals surface area contributed by atoms with E-state index < -0.39 is 6.03 Å². The summed E-state index contributed by atoms with van der Waals surface area (Å²) in [4.78, 5) is 10.7. The number of hydrogen-bond donors (Lipinski definition) is 3. The van der Waals surface area contributed by atoms with E-state index in [1.54, 1.807) is 0 Å². The van der Waals surface area contributed by atoms with Crippen molar-refractivity contribution in [3.63, 3.8) is 0 Å². The monoisotopic (exact) mass is 259 g/mol. The van der Waals surface area contributed by atoms with Gasteiger partial charge in [-0.1, -0.05) is 31.4 Å². The molecule has 2 atom stereocenters. The summed E-state index contributed by atoms with van der Waals surface area (Å²) in [5, 5.41) is 5.93. The Hall–Kier alpha value is -1.99. The Labute approximate surface area is 114 Å². The summed E-state index contributed by atoms with van der Waals surface area (Å²) in [7, 11) is 0. The van der Waals surface area contributed by atoms with E-state index in [-0.39, 0.29) is 12.1 Å². The molecular formula is C15H21N3O. The summed E-state index contributed by atoms with van der Waals surface area (Å²) < 4.78 is 0. The van der Waals surface area contributed by atoms with Gasteiger partial charge in [0.2, 0.25) is 0 Å². The highest BCUT2D eigenvalue weighted by atomic mass is 16.2. The Balaban J connectivity index is 2.64. The van der Waals surface area contributed by atoms with Crippen LogP contribution in [0.4, 0.5) is 10.5 Å². The molecule has 4 heteroatoms. The van der Waals surface area contributed by atoms with Gasteiger partial charge < -0.3 is 11.1 Å². The number of nitrogens with two attached hydrogens (primary N) is 1. The highest BCUT2D eigenvalue weighted by molar-refractivity contribution is 5.87. The third kappa shape index (κ3) is 5.02. The zero-order valence-corrected chi connectivity index (χ0v) is 11.4. The van der Waals surface area contributed by atoms with Gasteiger partial charge in [-0.15, -0.1) is 6.42 Å². The first-order chi connectivity index (χ1) is 9.06. The van der Waals surface area contributed by atoms with Gasteiger partial charge in [0, 0.05) is 11.7 Å². The molecule has 0 bridgehead atoms. The number of amides is 2. The van der Waals surface area contributed by atoms with Crippen LogP contribution < -0.4 is 16.4 Å². The molecule has 0 spiro atoms. The predicted molar refractivity (Wildman–Crippen MR) is 78.7 cm³/mol. The summed E-state index contributed by atoms with van der Waals surface area (Å²) in [6.07, 6.45) is 7.50. The smallest absolute Gasteiger partial charge is 0.316 e. The van der Waals surface area contributed by atoms with Crippen LogP contribution in [-0.4, -0.2) is 12.1 Å². The lowest BCUT2D eigenvalue weighted by atomic mass is 10.1. The molecule has 1 aromatic carbocycles. The number of primary amides is 1. The number of benzene rings is 1. The van der Waals surface area contributed by atoms with Gasteiger partial charge in [-0.2, -0.15) is 0 Å². The van der Waals surface area contributed by atoms with Gasteiger partial charge in [0.05, 0.1) is 6.04 Å². The van der Waals surface area contributed by atoms with Crippen LogP contribution in [0.5, 0.6) is 0 Å². The van der Waals surface area contributed by atoms with Crippen LogP contribution in [0, 0.1) is 12.3 Å². The molecular weight excluding hydrogens is 238 g/mol. The fourth-order valence-electron chi connectivity index (χ4n) is 1.90. The van der Waals surface area contributed by atoms with Crippen molar-refractivity contribution in [1.82, 2.24) is 5.32 Å². The Morgan fingerprint density at radius 3 is 2.53 bits per heavy atom. The van der Waals surface area contributed by atoms with E-state index in [1.807, 2.05) is 24.3 Å². The maximum absolute atomic E-state index is 10.7. The Kier molecular flexibility index (Phi) is 5.91. The van der Waals surface area contributed by atoms with E-state index in [0.29, 0.717) is 5.69 Å². The second kappa shape index (κ2) is 7.45. The summed E-state index contributed by atoms with van der Waals surface area (Å²) in [6.45, 7) is 4.18. The minimum Gasteiger partial charge on any atom is -0.351 e. The zero-order valence-electron chi connectivity index (χ0n) is 11.4. The largest absolute Gasteiger partial charge is 0.351 e. The first-order valence-corrected chi connectivity index (χ1v) is 6.45. The van der Waals surface area contributed by atoms with Crippen molar-refractivity contribution in [3.05, 3.63) is 29.8 Å². The Morgan fingerprint density at radius 2 is 2.05 bits per heavy atom. The summed E-state index contributed by atoms with van der Waals surface area (Å²) in [5.41, 5.74) is 6.86. The highest BCUT2D eigenvalue weighted by Gasteiger charge is 2.10. The molecule has 4 N–H and O–H groups in total. The maximum atomic E-state index is 10.7. The van der Waals surface area contributed by atoms with Crippen LogP contribution in [0.1, 0.15) is 38.3 Å². The number of anilines is 1. The average molecular weight is 259 g/mol.